The fourth-order valence-electron chi connectivity index (χ4n) is 4.69. The quantitative estimate of drug-likeness (QED) is 0.818. The molecular weight excluding hydrogens is 358 g/mol. The lowest BCUT2D eigenvalue weighted by Crippen LogP contribution is -2.56. The molecule has 154 valence electrons. The van der Waals surface area contributed by atoms with E-state index >= 15 is 0 Å². The third-order valence-electron chi connectivity index (χ3n) is 6.34. The molecule has 7 heteroatoms. The molecule has 0 aliphatic carbocycles. The average Bonchev–Trinajstić information content (AvgIpc) is 3.20. The molecule has 0 saturated carbocycles. The summed E-state index contributed by atoms with van der Waals surface area (Å²) in [5, 5.41) is 9.34. The highest BCUT2D eigenvalue weighted by Crippen LogP contribution is 2.34. The summed E-state index contributed by atoms with van der Waals surface area (Å²) >= 11 is 0. The third kappa shape index (κ3) is 4.11. The summed E-state index contributed by atoms with van der Waals surface area (Å²) in [6.07, 6.45) is 2.75. The number of rotatable bonds is 5. The number of hydrogen-bond donors (Lipinski definition) is 1. The van der Waals surface area contributed by atoms with E-state index in [0.29, 0.717) is 29.0 Å². The summed E-state index contributed by atoms with van der Waals surface area (Å²) < 4.78 is 10.8. The number of aliphatic hydroxyl groups excluding tert-OH is 1. The zero-order valence-electron chi connectivity index (χ0n) is 16.7. The van der Waals surface area contributed by atoms with Gasteiger partial charge in [0.25, 0.3) is 5.91 Å². The number of likely N-dealkylation sites (N-methyl/N-ethyl adjacent to an activating group) is 1. The van der Waals surface area contributed by atoms with Crippen molar-refractivity contribution in [2.24, 2.45) is 5.92 Å². The second-order valence-electron chi connectivity index (χ2n) is 8.14. The van der Waals surface area contributed by atoms with Crippen LogP contribution in [0, 0.1) is 5.92 Å². The molecule has 2 atom stereocenters. The molecule has 28 heavy (non-hydrogen) atoms. The van der Waals surface area contributed by atoms with Gasteiger partial charge in [-0.2, -0.15) is 0 Å². The highest BCUT2D eigenvalue weighted by molar-refractivity contribution is 5.95. The van der Waals surface area contributed by atoms with Crippen molar-refractivity contribution in [3.8, 4) is 11.5 Å². The van der Waals surface area contributed by atoms with Gasteiger partial charge >= 0.3 is 0 Å². The van der Waals surface area contributed by atoms with E-state index in [1.165, 1.54) is 0 Å². The van der Waals surface area contributed by atoms with Crippen LogP contribution in [0.5, 0.6) is 11.5 Å². The summed E-state index contributed by atoms with van der Waals surface area (Å²) in [6, 6.07) is 5.93. The molecule has 4 rings (SSSR count). The van der Waals surface area contributed by atoms with E-state index in [1.54, 1.807) is 6.07 Å². The molecule has 1 aromatic rings. The number of amides is 1. The van der Waals surface area contributed by atoms with Crippen LogP contribution < -0.4 is 9.47 Å². The van der Waals surface area contributed by atoms with Gasteiger partial charge < -0.3 is 24.4 Å². The van der Waals surface area contributed by atoms with Crippen LogP contribution in [0.2, 0.25) is 0 Å². The van der Waals surface area contributed by atoms with Gasteiger partial charge in [-0.15, -0.1) is 0 Å². The molecule has 0 spiro atoms. The van der Waals surface area contributed by atoms with Crippen molar-refractivity contribution in [1.82, 2.24) is 14.7 Å². The van der Waals surface area contributed by atoms with Crippen LogP contribution in [0.15, 0.2) is 18.2 Å². The Morgan fingerprint density at radius 2 is 1.93 bits per heavy atom. The van der Waals surface area contributed by atoms with Gasteiger partial charge in [-0.05, 0) is 50.4 Å². The van der Waals surface area contributed by atoms with E-state index in [4.69, 9.17) is 9.47 Å². The Hall–Kier alpha value is -1.83. The van der Waals surface area contributed by atoms with Gasteiger partial charge in [-0.1, -0.05) is 0 Å². The topological polar surface area (TPSA) is 65.5 Å². The number of carbonyl (C=O) groups is 1. The van der Waals surface area contributed by atoms with E-state index in [0.717, 1.165) is 58.5 Å². The highest BCUT2D eigenvalue weighted by atomic mass is 16.7. The molecule has 2 saturated heterocycles. The Morgan fingerprint density at radius 3 is 2.71 bits per heavy atom. The number of ether oxygens (including phenoxy) is 2. The Balaban J connectivity index is 1.44. The van der Waals surface area contributed by atoms with Crippen molar-refractivity contribution in [2.45, 2.75) is 25.3 Å². The van der Waals surface area contributed by atoms with E-state index in [1.807, 2.05) is 17.0 Å². The molecule has 1 N–H and O–H groups in total. The van der Waals surface area contributed by atoms with Gasteiger partial charge in [-0.3, -0.25) is 9.69 Å². The summed E-state index contributed by atoms with van der Waals surface area (Å²) in [4.78, 5) is 20.1. The van der Waals surface area contributed by atoms with Crippen molar-refractivity contribution >= 4 is 5.91 Å². The highest BCUT2D eigenvalue weighted by Gasteiger charge is 2.36. The fraction of sp³-hybridized carbons (Fsp3) is 0.667. The number of carbonyl (C=O) groups excluding carboxylic acids is 1. The zero-order chi connectivity index (χ0) is 19.5. The van der Waals surface area contributed by atoms with Crippen LogP contribution in [-0.4, -0.2) is 91.5 Å². The summed E-state index contributed by atoms with van der Waals surface area (Å²) in [7, 11) is 2.17. The Kier molecular flexibility index (Phi) is 6.04. The predicted molar refractivity (Wildman–Crippen MR) is 106 cm³/mol. The smallest absolute Gasteiger partial charge is 0.254 e. The third-order valence-corrected chi connectivity index (χ3v) is 6.34. The van der Waals surface area contributed by atoms with Gasteiger partial charge in [0.1, 0.15) is 0 Å². The maximum Gasteiger partial charge on any atom is 0.254 e. The van der Waals surface area contributed by atoms with Crippen LogP contribution in [0.25, 0.3) is 0 Å². The van der Waals surface area contributed by atoms with Crippen LogP contribution in [0.1, 0.15) is 29.6 Å². The number of aliphatic hydroxyl groups is 1. The van der Waals surface area contributed by atoms with Crippen molar-refractivity contribution in [3.05, 3.63) is 23.8 Å². The Bertz CT molecular complexity index is 690. The second kappa shape index (κ2) is 8.68. The van der Waals surface area contributed by atoms with Crippen LogP contribution >= 0.6 is 0 Å². The fourth-order valence-corrected chi connectivity index (χ4v) is 4.69. The molecule has 1 aromatic carbocycles. The Morgan fingerprint density at radius 1 is 1.14 bits per heavy atom. The predicted octanol–water partition coefficient (Wildman–Crippen LogP) is 1.27. The molecule has 0 bridgehead atoms. The van der Waals surface area contributed by atoms with Crippen molar-refractivity contribution in [2.75, 3.05) is 59.7 Å². The van der Waals surface area contributed by atoms with Gasteiger partial charge in [0, 0.05) is 57.5 Å². The molecule has 2 fully saturated rings. The molecule has 2 unspecified atom stereocenters. The van der Waals surface area contributed by atoms with Gasteiger partial charge in [0.2, 0.25) is 6.79 Å². The van der Waals surface area contributed by atoms with E-state index in [9.17, 15) is 9.90 Å². The summed E-state index contributed by atoms with van der Waals surface area (Å²) in [6.45, 7) is 6.34. The standard InChI is InChI=1S/C21H31N3O4/c1-22-8-10-23(11-9-22)18-6-7-24(14-17(18)3-2-12-25)21(26)16-4-5-19-20(13-16)28-15-27-19/h4-5,13,17-18,25H,2-3,6-12,14-15H2,1H3. The van der Waals surface area contributed by atoms with Crippen LogP contribution in [-0.2, 0) is 0 Å². The molecule has 0 aromatic heterocycles. The molecular formula is C21H31N3O4. The van der Waals surface area contributed by atoms with Crippen molar-refractivity contribution < 1.29 is 19.4 Å². The van der Waals surface area contributed by atoms with Crippen LogP contribution in [0.3, 0.4) is 0 Å². The largest absolute Gasteiger partial charge is 0.454 e. The number of nitrogens with zero attached hydrogens (tertiary/aromatic N) is 3. The number of likely N-dealkylation sites (tertiary alicyclic amines) is 1. The molecule has 0 radical (unpaired) electrons. The lowest BCUT2D eigenvalue weighted by molar-refractivity contribution is 0.0217. The first-order valence-corrected chi connectivity index (χ1v) is 10.4. The zero-order valence-corrected chi connectivity index (χ0v) is 16.7. The number of fused-ring (bicyclic) bond motifs is 1. The molecule has 7 nitrogen and oxygen atoms in total. The van der Waals surface area contributed by atoms with Gasteiger partial charge in [0.05, 0.1) is 0 Å². The second-order valence-corrected chi connectivity index (χ2v) is 8.14. The number of piperidine rings is 1. The summed E-state index contributed by atoms with van der Waals surface area (Å²) in [5.74, 6) is 1.81. The normalized spacial score (nSPS) is 25.9. The first-order valence-electron chi connectivity index (χ1n) is 10.4. The maximum atomic E-state index is 13.1. The first kappa shape index (κ1) is 19.5. The molecule has 1 amide bonds. The van der Waals surface area contributed by atoms with E-state index in [-0.39, 0.29) is 19.3 Å². The lowest BCUT2D eigenvalue weighted by Gasteiger charge is -2.46. The molecule has 3 aliphatic rings. The van der Waals surface area contributed by atoms with Gasteiger partial charge in [-0.25, -0.2) is 0 Å². The maximum absolute atomic E-state index is 13.1. The SMILES string of the molecule is CN1CCN(C2CCN(C(=O)c3ccc4c(c3)OCO4)CC2CCCO)CC1. The van der Waals surface area contributed by atoms with E-state index in [2.05, 4.69) is 16.8 Å². The minimum atomic E-state index is 0.0594. The van der Waals surface area contributed by atoms with Gasteiger partial charge in [0.15, 0.2) is 11.5 Å². The minimum absolute atomic E-state index is 0.0594. The van der Waals surface area contributed by atoms with Crippen LogP contribution in [0.4, 0.5) is 0 Å². The lowest BCUT2D eigenvalue weighted by atomic mass is 9.86. The number of hydrogen-bond acceptors (Lipinski definition) is 6. The number of benzene rings is 1. The summed E-state index contributed by atoms with van der Waals surface area (Å²) in [5.41, 5.74) is 0.656. The monoisotopic (exact) mass is 389 g/mol. The Labute approximate surface area is 166 Å². The molecule has 3 heterocycles. The van der Waals surface area contributed by atoms with E-state index < -0.39 is 0 Å². The minimum Gasteiger partial charge on any atom is -0.454 e. The molecule has 3 aliphatic heterocycles. The average molecular weight is 389 g/mol. The first-order chi connectivity index (χ1) is 13.7. The van der Waals surface area contributed by atoms with Crippen molar-refractivity contribution in [1.29, 1.82) is 0 Å². The van der Waals surface area contributed by atoms with Crippen molar-refractivity contribution in [3.63, 3.8) is 0 Å². The number of piperazine rings is 1.